The zero-order chi connectivity index (χ0) is 14.0. The maximum atomic E-state index is 13.9. The molecule has 0 radical (unpaired) electrons. The van der Waals surface area contributed by atoms with Crippen molar-refractivity contribution >= 4 is 0 Å². The summed E-state index contributed by atoms with van der Waals surface area (Å²) >= 11 is 0. The Morgan fingerprint density at radius 2 is 2.16 bits per heavy atom. The third-order valence-electron chi connectivity index (χ3n) is 3.44. The van der Waals surface area contributed by atoms with Gasteiger partial charge in [0.25, 0.3) is 0 Å². The van der Waals surface area contributed by atoms with Crippen molar-refractivity contribution in [2.24, 2.45) is 5.73 Å². The highest BCUT2D eigenvalue weighted by Crippen LogP contribution is 2.28. The second kappa shape index (κ2) is 5.53. The second-order valence-corrected chi connectivity index (χ2v) is 5.50. The van der Waals surface area contributed by atoms with Gasteiger partial charge in [-0.15, -0.1) is 0 Å². The van der Waals surface area contributed by atoms with Crippen LogP contribution in [0, 0.1) is 11.6 Å². The molecule has 1 aromatic carbocycles. The molecule has 106 valence electrons. The van der Waals surface area contributed by atoms with Crippen LogP contribution in [0.25, 0.3) is 0 Å². The summed E-state index contributed by atoms with van der Waals surface area (Å²) in [7, 11) is 0. The van der Waals surface area contributed by atoms with Crippen LogP contribution in [-0.2, 0) is 4.74 Å². The van der Waals surface area contributed by atoms with Crippen LogP contribution in [-0.4, -0.2) is 36.7 Å². The number of morpholine rings is 1. The van der Waals surface area contributed by atoms with E-state index >= 15 is 0 Å². The van der Waals surface area contributed by atoms with Crippen LogP contribution < -0.4 is 5.73 Å². The molecule has 0 spiro atoms. The Kier molecular flexibility index (Phi) is 4.18. The van der Waals surface area contributed by atoms with Gasteiger partial charge in [0, 0.05) is 25.2 Å². The first-order chi connectivity index (χ1) is 8.93. The maximum Gasteiger partial charge on any atom is 0.128 e. The number of nitrogens with two attached hydrogens (primary N) is 1. The van der Waals surface area contributed by atoms with Crippen molar-refractivity contribution in [1.29, 1.82) is 0 Å². The van der Waals surface area contributed by atoms with Crippen LogP contribution in [0.1, 0.15) is 25.5 Å². The molecule has 1 saturated heterocycles. The van der Waals surface area contributed by atoms with Gasteiger partial charge in [-0.25, -0.2) is 8.78 Å². The molecule has 1 fully saturated rings. The SMILES string of the molecule is CC1(C)CN(C(CN)c2cc(F)ccc2F)CCO1. The summed E-state index contributed by atoms with van der Waals surface area (Å²) in [6.07, 6.45) is 0. The Hall–Kier alpha value is -1.04. The third-order valence-corrected chi connectivity index (χ3v) is 3.44. The van der Waals surface area contributed by atoms with Crippen molar-refractivity contribution in [2.45, 2.75) is 25.5 Å². The van der Waals surface area contributed by atoms with E-state index in [0.717, 1.165) is 12.1 Å². The molecule has 0 aromatic heterocycles. The van der Waals surface area contributed by atoms with E-state index in [-0.39, 0.29) is 18.2 Å². The van der Waals surface area contributed by atoms with Gasteiger partial charge in [0.2, 0.25) is 0 Å². The molecule has 0 aliphatic carbocycles. The molecular formula is C14H20F2N2O. The van der Waals surface area contributed by atoms with Crippen LogP contribution in [0.3, 0.4) is 0 Å². The van der Waals surface area contributed by atoms with Gasteiger partial charge in [-0.05, 0) is 32.0 Å². The number of hydrogen-bond donors (Lipinski definition) is 1. The predicted octanol–water partition coefficient (Wildman–Crippen LogP) is 2.08. The lowest BCUT2D eigenvalue weighted by molar-refractivity contribution is -0.0970. The molecule has 0 bridgehead atoms. The van der Waals surface area contributed by atoms with Gasteiger partial charge in [-0.2, -0.15) is 0 Å². The molecular weight excluding hydrogens is 250 g/mol. The Balaban J connectivity index is 2.26. The normalized spacial score (nSPS) is 21.3. The van der Waals surface area contributed by atoms with Crippen molar-refractivity contribution in [3.05, 3.63) is 35.4 Å². The standard InChI is InChI=1S/C14H20F2N2O/c1-14(2)9-18(5-6-19-14)13(8-17)11-7-10(15)3-4-12(11)16/h3-4,7,13H,5-6,8-9,17H2,1-2H3. The number of nitrogens with zero attached hydrogens (tertiary/aromatic N) is 1. The van der Waals surface area contributed by atoms with E-state index in [1.165, 1.54) is 6.07 Å². The summed E-state index contributed by atoms with van der Waals surface area (Å²) in [4.78, 5) is 2.06. The van der Waals surface area contributed by atoms with Gasteiger partial charge >= 0.3 is 0 Å². The summed E-state index contributed by atoms with van der Waals surface area (Å²) in [6, 6.07) is 3.18. The van der Waals surface area contributed by atoms with E-state index < -0.39 is 11.6 Å². The number of benzene rings is 1. The first-order valence-electron chi connectivity index (χ1n) is 6.46. The van der Waals surface area contributed by atoms with E-state index in [1.54, 1.807) is 0 Å². The third kappa shape index (κ3) is 3.29. The van der Waals surface area contributed by atoms with E-state index in [9.17, 15) is 8.78 Å². The molecule has 19 heavy (non-hydrogen) atoms. The molecule has 0 amide bonds. The zero-order valence-electron chi connectivity index (χ0n) is 11.3. The lowest BCUT2D eigenvalue weighted by Crippen LogP contribution is -2.50. The highest BCUT2D eigenvalue weighted by atomic mass is 19.1. The smallest absolute Gasteiger partial charge is 0.128 e. The minimum atomic E-state index is -0.442. The Morgan fingerprint density at radius 1 is 1.42 bits per heavy atom. The van der Waals surface area contributed by atoms with Gasteiger partial charge < -0.3 is 10.5 Å². The summed E-state index contributed by atoms with van der Waals surface area (Å²) in [6.45, 7) is 6.09. The molecule has 3 nitrogen and oxygen atoms in total. The van der Waals surface area contributed by atoms with Crippen molar-refractivity contribution in [3.8, 4) is 0 Å². The van der Waals surface area contributed by atoms with E-state index in [2.05, 4.69) is 4.90 Å². The molecule has 1 heterocycles. The van der Waals surface area contributed by atoms with Crippen molar-refractivity contribution < 1.29 is 13.5 Å². The van der Waals surface area contributed by atoms with Gasteiger partial charge in [0.15, 0.2) is 0 Å². The summed E-state index contributed by atoms with van der Waals surface area (Å²) in [5.74, 6) is -0.858. The molecule has 1 atom stereocenters. The van der Waals surface area contributed by atoms with Gasteiger partial charge in [0.1, 0.15) is 11.6 Å². The van der Waals surface area contributed by atoms with Gasteiger partial charge in [0.05, 0.1) is 18.2 Å². The van der Waals surface area contributed by atoms with Crippen LogP contribution in [0.4, 0.5) is 8.78 Å². The topological polar surface area (TPSA) is 38.5 Å². The highest BCUT2D eigenvalue weighted by Gasteiger charge is 2.32. The average Bonchev–Trinajstić information content (AvgIpc) is 2.33. The molecule has 1 unspecified atom stereocenters. The summed E-state index contributed by atoms with van der Waals surface area (Å²) in [5.41, 5.74) is 5.80. The Morgan fingerprint density at radius 3 is 2.79 bits per heavy atom. The molecule has 1 aliphatic heterocycles. The maximum absolute atomic E-state index is 13.9. The minimum absolute atomic E-state index is 0.246. The molecule has 2 rings (SSSR count). The van der Waals surface area contributed by atoms with Crippen molar-refractivity contribution in [3.63, 3.8) is 0 Å². The average molecular weight is 270 g/mol. The van der Waals surface area contributed by atoms with Crippen LogP contribution >= 0.6 is 0 Å². The fraction of sp³-hybridized carbons (Fsp3) is 0.571. The highest BCUT2D eigenvalue weighted by molar-refractivity contribution is 5.23. The largest absolute Gasteiger partial charge is 0.373 e. The molecule has 1 aliphatic rings. The first-order valence-corrected chi connectivity index (χ1v) is 6.46. The number of hydrogen-bond acceptors (Lipinski definition) is 3. The van der Waals surface area contributed by atoms with Crippen LogP contribution in [0.15, 0.2) is 18.2 Å². The monoisotopic (exact) mass is 270 g/mol. The number of rotatable bonds is 3. The first kappa shape index (κ1) is 14.4. The zero-order valence-corrected chi connectivity index (χ0v) is 11.3. The number of halogens is 2. The van der Waals surface area contributed by atoms with Gasteiger partial charge in [-0.1, -0.05) is 0 Å². The van der Waals surface area contributed by atoms with E-state index in [4.69, 9.17) is 10.5 Å². The number of ether oxygens (including phenoxy) is 1. The van der Waals surface area contributed by atoms with E-state index in [1.807, 2.05) is 13.8 Å². The molecule has 5 heteroatoms. The molecule has 1 aromatic rings. The Bertz CT molecular complexity index is 451. The fourth-order valence-corrected chi connectivity index (χ4v) is 2.56. The van der Waals surface area contributed by atoms with Crippen LogP contribution in [0.2, 0.25) is 0 Å². The van der Waals surface area contributed by atoms with Crippen molar-refractivity contribution in [2.75, 3.05) is 26.2 Å². The van der Waals surface area contributed by atoms with Crippen LogP contribution in [0.5, 0.6) is 0 Å². The van der Waals surface area contributed by atoms with Gasteiger partial charge in [-0.3, -0.25) is 4.90 Å². The predicted molar refractivity (Wildman–Crippen MR) is 69.8 cm³/mol. The lowest BCUT2D eigenvalue weighted by Gasteiger charge is -2.42. The Labute approximate surface area is 112 Å². The minimum Gasteiger partial charge on any atom is -0.373 e. The summed E-state index contributed by atoms with van der Waals surface area (Å²) < 4.78 is 32.8. The second-order valence-electron chi connectivity index (χ2n) is 5.50. The quantitative estimate of drug-likeness (QED) is 0.914. The molecule has 0 saturated carbocycles. The van der Waals surface area contributed by atoms with Crippen molar-refractivity contribution in [1.82, 2.24) is 4.90 Å². The fourth-order valence-electron chi connectivity index (χ4n) is 2.56. The van der Waals surface area contributed by atoms with E-state index in [0.29, 0.717) is 25.3 Å². The lowest BCUT2D eigenvalue weighted by atomic mass is 10.00. The molecule has 2 N–H and O–H groups in total. The summed E-state index contributed by atoms with van der Waals surface area (Å²) in [5, 5.41) is 0.